The van der Waals surface area contributed by atoms with Crippen molar-refractivity contribution in [1.82, 2.24) is 9.55 Å². The average molecular weight is 259 g/mol. The molecule has 1 heterocycles. The van der Waals surface area contributed by atoms with Crippen LogP contribution < -0.4 is 5.73 Å². The predicted molar refractivity (Wildman–Crippen MR) is 75.4 cm³/mol. The summed E-state index contributed by atoms with van der Waals surface area (Å²) in [5, 5.41) is 0. The molecule has 0 atom stereocenters. The van der Waals surface area contributed by atoms with Crippen molar-refractivity contribution in [3.05, 3.63) is 17.7 Å². The van der Waals surface area contributed by atoms with Gasteiger partial charge in [0, 0.05) is 26.2 Å². The highest BCUT2D eigenvalue weighted by atomic mass is 15.1. The molecule has 0 spiro atoms. The van der Waals surface area contributed by atoms with Gasteiger partial charge >= 0.3 is 0 Å². The Kier molecular flexibility index (Phi) is 2.57. The molecule has 4 saturated carbocycles. The fourth-order valence-corrected chi connectivity index (χ4v) is 5.68. The summed E-state index contributed by atoms with van der Waals surface area (Å²) >= 11 is 0. The zero-order valence-corrected chi connectivity index (χ0v) is 11.9. The highest BCUT2D eigenvalue weighted by molar-refractivity contribution is 5.10. The summed E-state index contributed by atoms with van der Waals surface area (Å²) in [4.78, 5) is 4.65. The molecule has 5 rings (SSSR count). The van der Waals surface area contributed by atoms with Gasteiger partial charge in [-0.3, -0.25) is 0 Å². The van der Waals surface area contributed by atoms with E-state index >= 15 is 0 Å². The van der Waals surface area contributed by atoms with Gasteiger partial charge in [-0.15, -0.1) is 0 Å². The number of imidazole rings is 1. The van der Waals surface area contributed by atoms with Crippen LogP contribution in [-0.4, -0.2) is 9.55 Å². The fourth-order valence-electron chi connectivity index (χ4n) is 5.68. The lowest BCUT2D eigenvalue weighted by atomic mass is 9.49. The van der Waals surface area contributed by atoms with Crippen molar-refractivity contribution in [2.24, 2.45) is 36.0 Å². The quantitative estimate of drug-likeness (QED) is 0.907. The normalized spacial score (nSPS) is 40.0. The number of hydrogen-bond acceptors (Lipinski definition) is 2. The molecule has 0 radical (unpaired) electrons. The third-order valence-corrected chi connectivity index (χ3v) is 6.09. The number of nitrogens with two attached hydrogens (primary N) is 1. The molecule has 3 nitrogen and oxygen atoms in total. The van der Waals surface area contributed by atoms with Crippen LogP contribution in [0.5, 0.6) is 0 Å². The number of aromatic nitrogens is 2. The molecule has 4 aliphatic rings. The molecule has 104 valence electrons. The molecule has 1 aromatic rings. The van der Waals surface area contributed by atoms with Crippen molar-refractivity contribution < 1.29 is 0 Å². The average Bonchev–Trinajstić information content (AvgIpc) is 2.68. The van der Waals surface area contributed by atoms with Crippen LogP contribution in [0.2, 0.25) is 0 Å². The predicted octanol–water partition coefficient (Wildman–Crippen LogP) is 2.64. The molecular formula is C16H25N3. The molecule has 0 aliphatic heterocycles. The SMILES string of the molecule is Cn1c(CN)cnc1CC12CC3CC(CC(C3)C1)C2. The van der Waals surface area contributed by atoms with Crippen LogP contribution in [-0.2, 0) is 20.0 Å². The molecule has 3 heteroatoms. The molecule has 0 saturated heterocycles. The Hall–Kier alpha value is -0.830. The summed E-state index contributed by atoms with van der Waals surface area (Å²) < 4.78 is 2.23. The summed E-state index contributed by atoms with van der Waals surface area (Å²) in [5.41, 5.74) is 7.51. The van der Waals surface area contributed by atoms with Crippen molar-refractivity contribution in [3.63, 3.8) is 0 Å². The molecule has 2 N–H and O–H groups in total. The first-order chi connectivity index (χ1) is 9.17. The van der Waals surface area contributed by atoms with E-state index in [1.807, 2.05) is 6.20 Å². The molecular weight excluding hydrogens is 234 g/mol. The lowest BCUT2D eigenvalue weighted by molar-refractivity contribution is -0.0534. The Labute approximate surface area is 115 Å². The molecule has 4 aliphatic carbocycles. The van der Waals surface area contributed by atoms with Gasteiger partial charge in [0.1, 0.15) is 5.82 Å². The summed E-state index contributed by atoms with van der Waals surface area (Å²) in [5.74, 6) is 4.35. The van der Waals surface area contributed by atoms with Gasteiger partial charge in [-0.2, -0.15) is 0 Å². The summed E-state index contributed by atoms with van der Waals surface area (Å²) in [6, 6.07) is 0. The van der Waals surface area contributed by atoms with Crippen LogP contribution in [0.3, 0.4) is 0 Å². The third kappa shape index (κ3) is 1.85. The maximum atomic E-state index is 5.76. The largest absolute Gasteiger partial charge is 0.334 e. The Balaban J connectivity index is 1.60. The second-order valence-corrected chi connectivity index (χ2v) is 7.52. The zero-order valence-electron chi connectivity index (χ0n) is 11.9. The highest BCUT2D eigenvalue weighted by Gasteiger charge is 2.51. The van der Waals surface area contributed by atoms with Crippen LogP contribution in [0, 0.1) is 23.2 Å². The van der Waals surface area contributed by atoms with E-state index in [1.165, 1.54) is 56.5 Å². The second kappa shape index (κ2) is 4.08. The lowest BCUT2D eigenvalue weighted by Gasteiger charge is -2.56. The first-order valence-corrected chi connectivity index (χ1v) is 7.87. The number of rotatable bonds is 3. The van der Waals surface area contributed by atoms with E-state index in [0.717, 1.165) is 17.8 Å². The lowest BCUT2D eigenvalue weighted by Crippen LogP contribution is -2.47. The number of hydrogen-bond donors (Lipinski definition) is 1. The molecule has 19 heavy (non-hydrogen) atoms. The van der Waals surface area contributed by atoms with E-state index < -0.39 is 0 Å². The summed E-state index contributed by atoms with van der Waals surface area (Å²) in [7, 11) is 2.13. The molecule has 4 fully saturated rings. The van der Waals surface area contributed by atoms with Crippen LogP contribution >= 0.6 is 0 Å². The van der Waals surface area contributed by atoms with Crippen LogP contribution in [0.4, 0.5) is 0 Å². The molecule has 0 amide bonds. The third-order valence-electron chi connectivity index (χ3n) is 6.09. The Morgan fingerprint density at radius 3 is 2.26 bits per heavy atom. The van der Waals surface area contributed by atoms with E-state index in [9.17, 15) is 0 Å². The van der Waals surface area contributed by atoms with Gasteiger partial charge < -0.3 is 10.3 Å². The van der Waals surface area contributed by atoms with E-state index in [1.54, 1.807) is 0 Å². The Morgan fingerprint density at radius 1 is 1.21 bits per heavy atom. The fraction of sp³-hybridized carbons (Fsp3) is 0.812. The molecule has 0 aromatic carbocycles. The van der Waals surface area contributed by atoms with Gasteiger partial charge in [0.2, 0.25) is 0 Å². The smallest absolute Gasteiger partial charge is 0.109 e. The zero-order chi connectivity index (χ0) is 13.0. The minimum absolute atomic E-state index is 0.583. The maximum absolute atomic E-state index is 5.76. The van der Waals surface area contributed by atoms with Gasteiger partial charge in [-0.1, -0.05) is 0 Å². The maximum Gasteiger partial charge on any atom is 0.109 e. The topological polar surface area (TPSA) is 43.8 Å². The van der Waals surface area contributed by atoms with E-state index in [0.29, 0.717) is 12.0 Å². The summed E-state index contributed by atoms with van der Waals surface area (Å²) in [6.45, 7) is 0.602. The molecule has 0 unspecified atom stereocenters. The van der Waals surface area contributed by atoms with E-state index in [4.69, 9.17) is 5.73 Å². The number of nitrogens with zero attached hydrogens (tertiary/aromatic N) is 2. The molecule has 4 bridgehead atoms. The van der Waals surface area contributed by atoms with Crippen molar-refractivity contribution in [2.45, 2.75) is 51.5 Å². The van der Waals surface area contributed by atoms with Crippen LogP contribution in [0.1, 0.15) is 50.0 Å². The second-order valence-electron chi connectivity index (χ2n) is 7.52. The summed E-state index contributed by atoms with van der Waals surface area (Å²) in [6.07, 6.45) is 12.1. The van der Waals surface area contributed by atoms with Crippen LogP contribution in [0.25, 0.3) is 0 Å². The van der Waals surface area contributed by atoms with Crippen LogP contribution in [0.15, 0.2) is 6.20 Å². The van der Waals surface area contributed by atoms with Gasteiger partial charge in [0.05, 0.1) is 5.69 Å². The van der Waals surface area contributed by atoms with E-state index in [2.05, 4.69) is 16.6 Å². The molecule has 1 aromatic heterocycles. The monoisotopic (exact) mass is 259 g/mol. The van der Waals surface area contributed by atoms with Crippen molar-refractivity contribution in [1.29, 1.82) is 0 Å². The van der Waals surface area contributed by atoms with Gasteiger partial charge in [-0.05, 0) is 61.7 Å². The first kappa shape index (κ1) is 12.0. The Bertz CT molecular complexity index is 453. The van der Waals surface area contributed by atoms with Crippen molar-refractivity contribution >= 4 is 0 Å². The minimum atomic E-state index is 0.583. The van der Waals surface area contributed by atoms with Gasteiger partial charge in [0.25, 0.3) is 0 Å². The highest BCUT2D eigenvalue weighted by Crippen LogP contribution is 2.60. The standard InChI is InChI=1S/C16H25N3/c1-19-14(9-17)10-18-15(19)8-16-5-11-2-12(6-16)4-13(3-11)7-16/h10-13H,2-9,17H2,1H3. The van der Waals surface area contributed by atoms with Crippen molar-refractivity contribution in [3.8, 4) is 0 Å². The minimum Gasteiger partial charge on any atom is -0.334 e. The van der Waals surface area contributed by atoms with Crippen molar-refractivity contribution in [2.75, 3.05) is 0 Å². The van der Waals surface area contributed by atoms with Gasteiger partial charge in [-0.25, -0.2) is 4.98 Å². The van der Waals surface area contributed by atoms with E-state index in [-0.39, 0.29) is 0 Å². The first-order valence-electron chi connectivity index (χ1n) is 7.87. The Morgan fingerprint density at radius 2 is 1.79 bits per heavy atom. The van der Waals surface area contributed by atoms with Gasteiger partial charge in [0.15, 0.2) is 0 Å².